The van der Waals surface area contributed by atoms with Gasteiger partial charge in [0, 0.05) is 12.6 Å². The van der Waals surface area contributed by atoms with Gasteiger partial charge in [0.05, 0.1) is 12.9 Å². The van der Waals surface area contributed by atoms with Crippen molar-refractivity contribution in [2.45, 2.75) is 13.5 Å². The molecule has 1 amide bonds. The van der Waals surface area contributed by atoms with E-state index in [2.05, 4.69) is 5.32 Å². The lowest BCUT2D eigenvalue weighted by Crippen LogP contribution is -2.20. The summed E-state index contributed by atoms with van der Waals surface area (Å²) >= 11 is 0. The average Bonchev–Trinajstić information content (AvgIpc) is 2.27. The van der Waals surface area contributed by atoms with E-state index in [1.54, 1.807) is 6.92 Å². The Labute approximate surface area is 89.8 Å². The third-order valence-electron chi connectivity index (χ3n) is 1.97. The number of allylic oxidation sites excluding steroid dienone is 1. The second kappa shape index (κ2) is 5.86. The molecule has 3 nitrogen and oxygen atoms in total. The number of amides is 1. The van der Waals surface area contributed by atoms with Crippen LogP contribution in [0.4, 0.5) is 0 Å². The van der Waals surface area contributed by atoms with Gasteiger partial charge in [-0.1, -0.05) is 30.3 Å². The molecule has 80 valence electrons. The largest absolute Gasteiger partial charge is 0.501 e. The maximum atomic E-state index is 11.3. The molecule has 1 N–H and O–H groups in total. The quantitative estimate of drug-likeness (QED) is 0.601. The number of nitrogens with one attached hydrogen (secondary N) is 1. The Morgan fingerprint density at radius 3 is 2.67 bits per heavy atom. The minimum atomic E-state index is -0.141. The normalized spacial score (nSPS) is 10.9. The number of methoxy groups -OCH3 is 1. The van der Waals surface area contributed by atoms with Crippen LogP contribution < -0.4 is 5.32 Å². The Kier molecular flexibility index (Phi) is 4.41. The Morgan fingerprint density at radius 1 is 1.40 bits per heavy atom. The molecule has 0 atom stereocenters. The molecule has 0 radical (unpaired) electrons. The van der Waals surface area contributed by atoms with Crippen LogP contribution in [0.2, 0.25) is 0 Å². The third-order valence-corrected chi connectivity index (χ3v) is 1.97. The number of rotatable bonds is 4. The molecule has 0 aliphatic heterocycles. The van der Waals surface area contributed by atoms with Crippen LogP contribution in [-0.2, 0) is 16.1 Å². The fourth-order valence-electron chi connectivity index (χ4n) is 1.08. The highest BCUT2D eigenvalue weighted by Gasteiger charge is 1.97. The zero-order chi connectivity index (χ0) is 11.1. The number of ether oxygens (including phenoxy) is 1. The van der Waals surface area contributed by atoms with E-state index in [0.29, 0.717) is 12.3 Å². The Morgan fingerprint density at radius 2 is 2.07 bits per heavy atom. The molecule has 0 aliphatic carbocycles. The number of hydrogen-bond donors (Lipinski definition) is 1. The van der Waals surface area contributed by atoms with Crippen molar-refractivity contribution in [3.63, 3.8) is 0 Å². The fourth-order valence-corrected chi connectivity index (χ4v) is 1.08. The smallest absolute Gasteiger partial charge is 0.247 e. The number of hydrogen-bond acceptors (Lipinski definition) is 2. The maximum Gasteiger partial charge on any atom is 0.247 e. The molecular formula is C12H15NO2. The van der Waals surface area contributed by atoms with Gasteiger partial charge in [-0.25, -0.2) is 0 Å². The van der Waals surface area contributed by atoms with Gasteiger partial charge in [-0.3, -0.25) is 4.79 Å². The molecule has 0 saturated carbocycles. The van der Waals surface area contributed by atoms with E-state index < -0.39 is 0 Å². The predicted octanol–water partition coefficient (Wildman–Crippen LogP) is 1.85. The summed E-state index contributed by atoms with van der Waals surface area (Å²) in [6.07, 6.45) is 1.43. The van der Waals surface area contributed by atoms with Gasteiger partial charge in [0.25, 0.3) is 0 Å². The minimum Gasteiger partial charge on any atom is -0.501 e. The second-order valence-electron chi connectivity index (χ2n) is 3.16. The molecule has 0 heterocycles. The van der Waals surface area contributed by atoms with Crippen molar-refractivity contribution in [3.8, 4) is 0 Å². The van der Waals surface area contributed by atoms with E-state index in [0.717, 1.165) is 5.56 Å². The summed E-state index contributed by atoms with van der Waals surface area (Å²) in [6.45, 7) is 2.27. The monoisotopic (exact) mass is 205 g/mol. The lowest BCUT2D eigenvalue weighted by molar-refractivity contribution is -0.116. The van der Waals surface area contributed by atoms with Crippen LogP contribution in [0.1, 0.15) is 12.5 Å². The van der Waals surface area contributed by atoms with Crippen molar-refractivity contribution in [1.29, 1.82) is 0 Å². The van der Waals surface area contributed by atoms with E-state index in [1.165, 1.54) is 13.2 Å². The van der Waals surface area contributed by atoms with Crippen LogP contribution in [-0.4, -0.2) is 13.0 Å². The zero-order valence-electron chi connectivity index (χ0n) is 8.99. The summed E-state index contributed by atoms with van der Waals surface area (Å²) in [5.41, 5.74) is 1.08. The molecule has 0 aromatic heterocycles. The molecule has 0 aliphatic rings. The van der Waals surface area contributed by atoms with Gasteiger partial charge in [-0.2, -0.15) is 0 Å². The van der Waals surface area contributed by atoms with Crippen LogP contribution >= 0.6 is 0 Å². The van der Waals surface area contributed by atoms with Crippen molar-refractivity contribution in [2.24, 2.45) is 0 Å². The van der Waals surface area contributed by atoms with E-state index in [1.807, 2.05) is 30.3 Å². The van der Waals surface area contributed by atoms with Crippen LogP contribution in [0.3, 0.4) is 0 Å². The van der Waals surface area contributed by atoms with Crippen LogP contribution in [0, 0.1) is 0 Å². The molecule has 0 fully saturated rings. The molecular weight excluding hydrogens is 190 g/mol. The van der Waals surface area contributed by atoms with Crippen LogP contribution in [0.15, 0.2) is 42.2 Å². The second-order valence-corrected chi connectivity index (χ2v) is 3.16. The summed E-state index contributed by atoms with van der Waals surface area (Å²) < 4.78 is 4.87. The van der Waals surface area contributed by atoms with Gasteiger partial charge in [0.1, 0.15) is 0 Å². The molecule has 0 bridgehead atoms. The molecule has 3 heteroatoms. The van der Waals surface area contributed by atoms with Gasteiger partial charge >= 0.3 is 0 Å². The molecule has 0 spiro atoms. The highest BCUT2D eigenvalue weighted by molar-refractivity contribution is 5.87. The standard InChI is InChI=1S/C12H15NO2/c1-10(15-2)8-12(14)13-9-11-6-4-3-5-7-11/h3-8H,9H2,1-2H3,(H,13,14)/b10-8+. The van der Waals surface area contributed by atoms with Crippen molar-refractivity contribution in [3.05, 3.63) is 47.7 Å². The summed E-state index contributed by atoms with van der Waals surface area (Å²) in [6, 6.07) is 9.76. The summed E-state index contributed by atoms with van der Waals surface area (Å²) in [5, 5.41) is 2.77. The van der Waals surface area contributed by atoms with E-state index in [4.69, 9.17) is 4.74 Å². The molecule has 15 heavy (non-hydrogen) atoms. The highest BCUT2D eigenvalue weighted by Crippen LogP contribution is 1.97. The number of carbonyl (C=O) groups excluding carboxylic acids is 1. The maximum absolute atomic E-state index is 11.3. The van der Waals surface area contributed by atoms with Gasteiger partial charge in [0.2, 0.25) is 5.91 Å². The Balaban J connectivity index is 2.41. The summed E-state index contributed by atoms with van der Waals surface area (Å²) in [7, 11) is 1.54. The average molecular weight is 205 g/mol. The first kappa shape index (κ1) is 11.3. The van der Waals surface area contributed by atoms with Crippen molar-refractivity contribution in [2.75, 3.05) is 7.11 Å². The Hall–Kier alpha value is -1.77. The van der Waals surface area contributed by atoms with E-state index in [9.17, 15) is 4.79 Å². The third kappa shape index (κ3) is 4.31. The first-order chi connectivity index (χ1) is 7.22. The Bertz CT molecular complexity index is 344. The first-order valence-electron chi connectivity index (χ1n) is 4.76. The van der Waals surface area contributed by atoms with Gasteiger partial charge < -0.3 is 10.1 Å². The van der Waals surface area contributed by atoms with Crippen molar-refractivity contribution < 1.29 is 9.53 Å². The zero-order valence-corrected chi connectivity index (χ0v) is 8.99. The van der Waals surface area contributed by atoms with E-state index in [-0.39, 0.29) is 5.91 Å². The van der Waals surface area contributed by atoms with E-state index >= 15 is 0 Å². The number of carbonyl (C=O) groups is 1. The SMILES string of the molecule is CO/C(C)=C/C(=O)NCc1ccccc1. The summed E-state index contributed by atoms with van der Waals surface area (Å²) in [5.74, 6) is 0.457. The summed E-state index contributed by atoms with van der Waals surface area (Å²) in [4.78, 5) is 11.3. The fraction of sp³-hybridized carbons (Fsp3) is 0.250. The minimum absolute atomic E-state index is 0.141. The van der Waals surface area contributed by atoms with Crippen molar-refractivity contribution >= 4 is 5.91 Å². The van der Waals surface area contributed by atoms with Gasteiger partial charge in [0.15, 0.2) is 0 Å². The van der Waals surface area contributed by atoms with Crippen molar-refractivity contribution in [1.82, 2.24) is 5.32 Å². The molecule has 0 unspecified atom stereocenters. The topological polar surface area (TPSA) is 38.3 Å². The molecule has 1 rings (SSSR count). The number of benzene rings is 1. The van der Waals surface area contributed by atoms with Crippen LogP contribution in [0.5, 0.6) is 0 Å². The lowest BCUT2D eigenvalue weighted by Gasteiger charge is -2.03. The molecule has 1 aromatic carbocycles. The van der Waals surface area contributed by atoms with Gasteiger partial charge in [-0.05, 0) is 12.5 Å². The van der Waals surface area contributed by atoms with Gasteiger partial charge in [-0.15, -0.1) is 0 Å². The predicted molar refractivity (Wildman–Crippen MR) is 59.1 cm³/mol. The lowest BCUT2D eigenvalue weighted by atomic mass is 10.2. The molecule has 0 saturated heterocycles. The highest BCUT2D eigenvalue weighted by atomic mass is 16.5. The first-order valence-corrected chi connectivity index (χ1v) is 4.76. The van der Waals surface area contributed by atoms with Crippen LogP contribution in [0.25, 0.3) is 0 Å². The molecule has 1 aromatic rings.